The van der Waals surface area contributed by atoms with Crippen molar-refractivity contribution in [1.82, 2.24) is 4.67 Å². The lowest BCUT2D eigenvalue weighted by atomic mass is 10.1. The standard InChI is InChI=1S/C14H27N2O2PS2.C6H4F2/c1-11(2)16(12(3)4)19(17-9-7-8-15)18-13-10-20-21-14(13,5)6;7-5-2-1-3-6(8)4-5/h11-13H,7,9-10H2,1-6H3;1-4H. The van der Waals surface area contributed by atoms with E-state index in [2.05, 4.69) is 52.3 Å². The van der Waals surface area contributed by atoms with Gasteiger partial charge in [0.25, 0.3) is 8.53 Å². The molecule has 1 saturated heterocycles. The van der Waals surface area contributed by atoms with Crippen molar-refractivity contribution >= 4 is 30.1 Å². The van der Waals surface area contributed by atoms with Crippen LogP contribution in [0.2, 0.25) is 0 Å². The van der Waals surface area contributed by atoms with Crippen molar-refractivity contribution in [3.8, 4) is 6.07 Å². The molecule has 1 heterocycles. The fourth-order valence-corrected chi connectivity index (χ4v) is 7.69. The summed E-state index contributed by atoms with van der Waals surface area (Å²) in [6.45, 7) is 13.5. The van der Waals surface area contributed by atoms with Gasteiger partial charge < -0.3 is 9.05 Å². The Morgan fingerprint density at radius 2 is 1.83 bits per heavy atom. The van der Waals surface area contributed by atoms with E-state index in [1.165, 1.54) is 18.2 Å². The van der Waals surface area contributed by atoms with Crippen molar-refractivity contribution in [1.29, 1.82) is 5.26 Å². The van der Waals surface area contributed by atoms with E-state index in [1.807, 2.05) is 21.6 Å². The third-order valence-corrected chi connectivity index (χ3v) is 9.37. The Morgan fingerprint density at radius 1 is 1.24 bits per heavy atom. The molecule has 1 aromatic rings. The van der Waals surface area contributed by atoms with Crippen molar-refractivity contribution < 1.29 is 17.8 Å². The lowest BCUT2D eigenvalue weighted by Gasteiger charge is -2.38. The highest BCUT2D eigenvalue weighted by molar-refractivity contribution is 8.77. The van der Waals surface area contributed by atoms with Crippen LogP contribution in [0.15, 0.2) is 24.3 Å². The number of hydrogen-bond acceptors (Lipinski definition) is 6. The zero-order valence-electron chi connectivity index (χ0n) is 17.9. The summed E-state index contributed by atoms with van der Waals surface area (Å²) in [4.78, 5) is 0. The first-order valence-corrected chi connectivity index (χ1v) is 13.0. The van der Waals surface area contributed by atoms with Gasteiger partial charge in [-0.3, -0.25) is 0 Å². The van der Waals surface area contributed by atoms with Gasteiger partial charge in [-0.25, -0.2) is 13.5 Å². The maximum Gasteiger partial charge on any atom is 0.259 e. The van der Waals surface area contributed by atoms with Gasteiger partial charge in [0.1, 0.15) is 11.6 Å². The molecule has 164 valence electrons. The fraction of sp³-hybridized carbons (Fsp3) is 0.650. The highest BCUT2D eigenvalue weighted by atomic mass is 33.1. The maximum absolute atomic E-state index is 11.9. The fourth-order valence-electron chi connectivity index (χ4n) is 2.52. The van der Waals surface area contributed by atoms with E-state index in [0.717, 1.165) is 11.8 Å². The molecule has 0 saturated carbocycles. The molecule has 0 amide bonds. The van der Waals surface area contributed by atoms with Crippen LogP contribution in [0, 0.1) is 23.0 Å². The molecule has 2 atom stereocenters. The zero-order chi connectivity index (χ0) is 22.0. The molecule has 2 unspecified atom stereocenters. The van der Waals surface area contributed by atoms with Gasteiger partial charge in [-0.05, 0) is 53.7 Å². The number of nitrogens with zero attached hydrogens (tertiary/aromatic N) is 2. The van der Waals surface area contributed by atoms with Gasteiger partial charge in [0.2, 0.25) is 0 Å². The van der Waals surface area contributed by atoms with Crippen molar-refractivity contribution in [3.63, 3.8) is 0 Å². The van der Waals surface area contributed by atoms with Crippen molar-refractivity contribution in [2.75, 3.05) is 12.4 Å². The lowest BCUT2D eigenvalue weighted by Crippen LogP contribution is -2.38. The molecule has 0 aromatic heterocycles. The molecule has 0 spiro atoms. The van der Waals surface area contributed by atoms with Crippen molar-refractivity contribution in [2.24, 2.45) is 0 Å². The Bertz CT molecular complexity index is 634. The van der Waals surface area contributed by atoms with Crippen LogP contribution in [0.1, 0.15) is 48.0 Å². The van der Waals surface area contributed by atoms with Crippen LogP contribution < -0.4 is 0 Å². The lowest BCUT2D eigenvalue weighted by molar-refractivity contribution is 0.129. The number of halogens is 2. The quantitative estimate of drug-likeness (QED) is 0.240. The molecule has 4 nitrogen and oxygen atoms in total. The molecule has 29 heavy (non-hydrogen) atoms. The summed E-state index contributed by atoms with van der Waals surface area (Å²) in [6.07, 6.45) is 0.588. The summed E-state index contributed by atoms with van der Waals surface area (Å²) in [5.41, 5.74) is 0. The summed E-state index contributed by atoms with van der Waals surface area (Å²) < 4.78 is 38.6. The Hall–Kier alpha value is -0.420. The summed E-state index contributed by atoms with van der Waals surface area (Å²) in [5, 5.41) is 8.72. The topological polar surface area (TPSA) is 45.5 Å². The first-order chi connectivity index (χ1) is 13.6. The second kappa shape index (κ2) is 13.1. The molecular formula is C20H31F2N2O2PS2. The molecule has 0 aliphatic carbocycles. The monoisotopic (exact) mass is 464 g/mol. The summed E-state index contributed by atoms with van der Waals surface area (Å²) in [6, 6.07) is 7.39. The first-order valence-electron chi connectivity index (χ1n) is 9.55. The molecule has 9 heteroatoms. The molecule has 2 rings (SSSR count). The van der Waals surface area contributed by atoms with Crippen LogP contribution in [0.3, 0.4) is 0 Å². The number of nitriles is 1. The maximum atomic E-state index is 11.9. The van der Waals surface area contributed by atoms with E-state index in [9.17, 15) is 8.78 Å². The molecule has 0 radical (unpaired) electrons. The second-order valence-corrected chi connectivity index (χ2v) is 12.0. The van der Waals surface area contributed by atoms with E-state index < -0.39 is 20.2 Å². The zero-order valence-corrected chi connectivity index (χ0v) is 20.4. The van der Waals surface area contributed by atoms with E-state index in [-0.39, 0.29) is 10.9 Å². The Morgan fingerprint density at radius 3 is 2.21 bits per heavy atom. The average Bonchev–Trinajstić information content (AvgIpc) is 2.93. The summed E-state index contributed by atoms with van der Waals surface area (Å²) in [7, 11) is 2.62. The van der Waals surface area contributed by atoms with Gasteiger partial charge >= 0.3 is 0 Å². The molecule has 0 bridgehead atoms. The highest BCUT2D eigenvalue weighted by Gasteiger charge is 2.41. The van der Waals surface area contributed by atoms with Gasteiger partial charge in [0, 0.05) is 28.6 Å². The predicted octanol–water partition coefficient (Wildman–Crippen LogP) is 6.79. The largest absolute Gasteiger partial charge is 0.321 e. The van der Waals surface area contributed by atoms with Crippen molar-refractivity contribution in [2.45, 2.75) is 70.9 Å². The van der Waals surface area contributed by atoms with E-state index in [4.69, 9.17) is 14.3 Å². The molecule has 1 fully saturated rings. The highest BCUT2D eigenvalue weighted by Crippen LogP contribution is 2.55. The van der Waals surface area contributed by atoms with Crippen LogP contribution >= 0.6 is 30.1 Å². The predicted molar refractivity (Wildman–Crippen MR) is 121 cm³/mol. The number of hydrogen-bond donors (Lipinski definition) is 0. The molecule has 1 aliphatic rings. The number of rotatable bonds is 8. The third-order valence-electron chi connectivity index (χ3n) is 3.93. The Balaban J connectivity index is 0.000000436. The van der Waals surface area contributed by atoms with E-state index in [1.54, 1.807) is 0 Å². The van der Waals surface area contributed by atoms with Gasteiger partial charge in [0.05, 0.1) is 25.2 Å². The molecule has 1 aromatic carbocycles. The van der Waals surface area contributed by atoms with Crippen LogP contribution in [0.4, 0.5) is 8.78 Å². The minimum atomic E-state index is -1.13. The van der Waals surface area contributed by atoms with E-state index >= 15 is 0 Å². The van der Waals surface area contributed by atoms with Crippen molar-refractivity contribution in [3.05, 3.63) is 35.9 Å². The normalized spacial score (nSPS) is 19.2. The van der Waals surface area contributed by atoms with Gasteiger partial charge in [-0.1, -0.05) is 27.7 Å². The Kier molecular flexibility index (Phi) is 12.0. The Labute approximate surface area is 183 Å². The summed E-state index contributed by atoms with van der Waals surface area (Å²) in [5.74, 6) is -0.0858. The molecule has 1 aliphatic heterocycles. The smallest absolute Gasteiger partial charge is 0.259 e. The number of benzene rings is 1. The van der Waals surface area contributed by atoms with Gasteiger partial charge in [-0.2, -0.15) is 5.26 Å². The van der Waals surface area contributed by atoms with E-state index in [0.29, 0.717) is 25.1 Å². The van der Waals surface area contributed by atoms with Gasteiger partial charge in [-0.15, -0.1) is 0 Å². The van der Waals surface area contributed by atoms with Crippen LogP contribution in [0.25, 0.3) is 0 Å². The minimum Gasteiger partial charge on any atom is -0.321 e. The van der Waals surface area contributed by atoms with Crippen LogP contribution in [-0.4, -0.2) is 40.0 Å². The first kappa shape index (κ1) is 26.6. The van der Waals surface area contributed by atoms with Crippen LogP contribution in [0.5, 0.6) is 0 Å². The van der Waals surface area contributed by atoms with Gasteiger partial charge in [0.15, 0.2) is 0 Å². The summed E-state index contributed by atoms with van der Waals surface area (Å²) >= 11 is 0. The average molecular weight is 465 g/mol. The molecular weight excluding hydrogens is 433 g/mol. The molecule has 0 N–H and O–H groups in total. The third kappa shape index (κ3) is 9.50. The van der Waals surface area contributed by atoms with Crippen LogP contribution in [-0.2, 0) is 9.05 Å². The minimum absolute atomic E-state index is 0.101. The SMILES string of the molecule is CC(C)N(C(C)C)P(OCCC#N)OC1CSSC1(C)C.Fc1cccc(F)c1. The second-order valence-electron chi connectivity index (χ2n) is 7.55.